The minimum atomic E-state index is -0.989. The Morgan fingerprint density at radius 1 is 1.38 bits per heavy atom. The summed E-state index contributed by atoms with van der Waals surface area (Å²) in [7, 11) is 0. The highest BCUT2D eigenvalue weighted by Gasteiger charge is 2.40. The lowest BCUT2D eigenvalue weighted by Gasteiger charge is -2.39. The fourth-order valence-electron chi connectivity index (χ4n) is 2.32. The molecule has 0 aromatic heterocycles. The van der Waals surface area contributed by atoms with Gasteiger partial charge in [0.05, 0.1) is 12.3 Å². The second kappa shape index (κ2) is 5.73. The molecule has 6 heteroatoms. The molecule has 1 aromatic carbocycles. The molecule has 1 heterocycles. The summed E-state index contributed by atoms with van der Waals surface area (Å²) < 4.78 is 5.70. The molecule has 114 valence electrons. The summed E-state index contributed by atoms with van der Waals surface area (Å²) in [5.41, 5.74) is 0.265. The normalized spacial score (nSPS) is 16.3. The van der Waals surface area contributed by atoms with Gasteiger partial charge in [-0.2, -0.15) is 0 Å². The molecule has 1 amide bonds. The Bertz CT molecular complexity index is 567. The minimum Gasteiger partial charge on any atom is -0.481 e. The van der Waals surface area contributed by atoms with Crippen LogP contribution in [0.5, 0.6) is 5.75 Å². The third kappa shape index (κ3) is 3.16. The minimum absolute atomic E-state index is 0.0000890. The van der Waals surface area contributed by atoms with E-state index in [1.807, 2.05) is 0 Å². The zero-order valence-corrected chi connectivity index (χ0v) is 12.1. The largest absolute Gasteiger partial charge is 0.481 e. The summed E-state index contributed by atoms with van der Waals surface area (Å²) in [6.07, 6.45) is 0.361. The van der Waals surface area contributed by atoms with Gasteiger partial charge in [-0.25, -0.2) is 0 Å². The lowest BCUT2D eigenvalue weighted by Crippen LogP contribution is -2.52. The standard InChI is InChI=1S/C15H19NO5/c1-15(2)14(20)16(7-3-4-13(18)19)11-8-10(9-17)5-6-12(11)21-15/h5-6,8,17H,3-4,7,9H2,1-2H3,(H,18,19). The van der Waals surface area contributed by atoms with Gasteiger partial charge in [-0.05, 0) is 38.0 Å². The average Bonchev–Trinajstić information content (AvgIpc) is 2.42. The maximum absolute atomic E-state index is 12.5. The number of carbonyl (C=O) groups is 2. The number of fused-ring (bicyclic) bond motifs is 1. The van der Waals surface area contributed by atoms with Crippen LogP contribution < -0.4 is 9.64 Å². The van der Waals surface area contributed by atoms with Crippen LogP contribution in [0.1, 0.15) is 32.3 Å². The third-order valence-electron chi connectivity index (χ3n) is 3.39. The number of benzene rings is 1. The van der Waals surface area contributed by atoms with Crippen LogP contribution in [-0.4, -0.2) is 34.2 Å². The molecule has 1 aromatic rings. The van der Waals surface area contributed by atoms with Crippen LogP contribution in [0.3, 0.4) is 0 Å². The number of hydrogen-bond donors (Lipinski definition) is 2. The van der Waals surface area contributed by atoms with Crippen molar-refractivity contribution in [3.63, 3.8) is 0 Å². The number of aliphatic hydroxyl groups is 1. The van der Waals surface area contributed by atoms with Crippen molar-refractivity contribution in [2.45, 2.75) is 38.9 Å². The van der Waals surface area contributed by atoms with E-state index in [-0.39, 0.29) is 18.9 Å². The molecule has 0 fully saturated rings. The van der Waals surface area contributed by atoms with E-state index in [0.29, 0.717) is 30.0 Å². The number of carbonyl (C=O) groups excluding carboxylic acids is 1. The van der Waals surface area contributed by atoms with E-state index >= 15 is 0 Å². The molecule has 1 aliphatic heterocycles. The van der Waals surface area contributed by atoms with E-state index in [1.165, 1.54) is 0 Å². The monoisotopic (exact) mass is 293 g/mol. The molecule has 0 unspecified atom stereocenters. The Labute approximate surface area is 122 Å². The highest BCUT2D eigenvalue weighted by Crippen LogP contribution is 2.38. The van der Waals surface area contributed by atoms with Gasteiger partial charge < -0.3 is 19.8 Å². The Balaban J connectivity index is 2.32. The summed E-state index contributed by atoms with van der Waals surface area (Å²) in [5, 5.41) is 17.9. The van der Waals surface area contributed by atoms with Crippen LogP contribution >= 0.6 is 0 Å². The number of nitrogens with zero attached hydrogens (tertiary/aromatic N) is 1. The van der Waals surface area contributed by atoms with E-state index in [0.717, 1.165) is 0 Å². The Kier molecular flexibility index (Phi) is 4.18. The number of ether oxygens (including phenoxy) is 1. The zero-order chi connectivity index (χ0) is 15.6. The van der Waals surface area contributed by atoms with Crippen LogP contribution in [0.2, 0.25) is 0 Å². The fraction of sp³-hybridized carbons (Fsp3) is 0.467. The van der Waals surface area contributed by atoms with Gasteiger partial charge in [-0.15, -0.1) is 0 Å². The van der Waals surface area contributed by atoms with Crippen LogP contribution in [-0.2, 0) is 16.2 Å². The van der Waals surface area contributed by atoms with Crippen molar-refractivity contribution in [3.05, 3.63) is 23.8 Å². The van der Waals surface area contributed by atoms with E-state index in [1.54, 1.807) is 36.9 Å². The third-order valence-corrected chi connectivity index (χ3v) is 3.39. The average molecular weight is 293 g/mol. The Hall–Kier alpha value is -2.08. The highest BCUT2D eigenvalue weighted by atomic mass is 16.5. The molecule has 0 bridgehead atoms. The molecule has 0 saturated carbocycles. The zero-order valence-electron chi connectivity index (χ0n) is 12.1. The number of aliphatic hydroxyl groups excluding tert-OH is 1. The van der Waals surface area contributed by atoms with Crippen molar-refractivity contribution in [3.8, 4) is 5.75 Å². The molecular formula is C15H19NO5. The molecule has 1 aliphatic rings. The number of aliphatic carboxylic acids is 1. The second-order valence-corrected chi connectivity index (χ2v) is 5.53. The molecule has 21 heavy (non-hydrogen) atoms. The number of amides is 1. The van der Waals surface area contributed by atoms with Crippen molar-refractivity contribution in [1.82, 2.24) is 0 Å². The van der Waals surface area contributed by atoms with Gasteiger partial charge in [0, 0.05) is 13.0 Å². The lowest BCUT2D eigenvalue weighted by molar-refractivity contribution is -0.137. The Morgan fingerprint density at radius 2 is 2.10 bits per heavy atom. The first-order chi connectivity index (χ1) is 9.85. The first-order valence-electron chi connectivity index (χ1n) is 6.81. The molecule has 0 atom stereocenters. The smallest absolute Gasteiger partial charge is 0.303 e. The lowest BCUT2D eigenvalue weighted by atomic mass is 10.0. The Morgan fingerprint density at radius 3 is 2.71 bits per heavy atom. The summed E-state index contributed by atoms with van der Waals surface area (Å²) in [6.45, 7) is 3.54. The summed E-state index contributed by atoms with van der Waals surface area (Å²) in [4.78, 5) is 24.7. The predicted molar refractivity (Wildman–Crippen MR) is 76.3 cm³/mol. The summed E-state index contributed by atoms with van der Waals surface area (Å²) >= 11 is 0. The maximum atomic E-state index is 12.5. The number of carboxylic acid groups (broad SMARTS) is 1. The van der Waals surface area contributed by atoms with Crippen molar-refractivity contribution < 1.29 is 24.5 Å². The molecule has 0 spiro atoms. The predicted octanol–water partition coefficient (Wildman–Crippen LogP) is 1.55. The van der Waals surface area contributed by atoms with E-state index in [2.05, 4.69) is 0 Å². The van der Waals surface area contributed by atoms with Crippen molar-refractivity contribution >= 4 is 17.6 Å². The van der Waals surface area contributed by atoms with Crippen LogP contribution in [0.15, 0.2) is 18.2 Å². The maximum Gasteiger partial charge on any atom is 0.303 e. The van der Waals surface area contributed by atoms with Gasteiger partial charge in [0.25, 0.3) is 5.91 Å². The van der Waals surface area contributed by atoms with Crippen molar-refractivity contribution in [1.29, 1.82) is 0 Å². The fourth-order valence-corrected chi connectivity index (χ4v) is 2.32. The van der Waals surface area contributed by atoms with Crippen LogP contribution in [0.25, 0.3) is 0 Å². The van der Waals surface area contributed by atoms with Crippen LogP contribution in [0, 0.1) is 0 Å². The van der Waals surface area contributed by atoms with Crippen molar-refractivity contribution in [2.75, 3.05) is 11.4 Å². The summed E-state index contributed by atoms with van der Waals surface area (Å²) in [6, 6.07) is 5.16. The van der Waals surface area contributed by atoms with E-state index < -0.39 is 11.6 Å². The van der Waals surface area contributed by atoms with Gasteiger partial charge >= 0.3 is 5.97 Å². The number of hydrogen-bond acceptors (Lipinski definition) is 4. The van der Waals surface area contributed by atoms with Gasteiger partial charge in [-0.3, -0.25) is 9.59 Å². The molecular weight excluding hydrogens is 274 g/mol. The van der Waals surface area contributed by atoms with Crippen LogP contribution in [0.4, 0.5) is 5.69 Å². The number of anilines is 1. The van der Waals surface area contributed by atoms with E-state index in [4.69, 9.17) is 9.84 Å². The summed E-state index contributed by atoms with van der Waals surface area (Å²) in [5.74, 6) is -0.540. The molecule has 2 rings (SSSR count). The first kappa shape index (κ1) is 15.3. The molecule has 6 nitrogen and oxygen atoms in total. The van der Waals surface area contributed by atoms with Gasteiger partial charge in [0.1, 0.15) is 5.75 Å². The van der Waals surface area contributed by atoms with Gasteiger partial charge in [-0.1, -0.05) is 6.07 Å². The SMILES string of the molecule is CC1(C)Oc2ccc(CO)cc2N(CCCC(=O)O)C1=O. The van der Waals surface area contributed by atoms with E-state index in [9.17, 15) is 14.7 Å². The quantitative estimate of drug-likeness (QED) is 0.860. The highest BCUT2D eigenvalue weighted by molar-refractivity contribution is 6.02. The first-order valence-corrected chi connectivity index (χ1v) is 6.81. The van der Waals surface area contributed by atoms with Gasteiger partial charge in [0.2, 0.25) is 0 Å². The van der Waals surface area contributed by atoms with Gasteiger partial charge in [0.15, 0.2) is 5.60 Å². The molecule has 0 radical (unpaired) electrons. The van der Waals surface area contributed by atoms with Crippen molar-refractivity contribution in [2.24, 2.45) is 0 Å². The molecule has 2 N–H and O–H groups in total. The number of carboxylic acids is 1. The number of rotatable bonds is 5. The topological polar surface area (TPSA) is 87.1 Å². The second-order valence-electron chi connectivity index (χ2n) is 5.53. The molecule has 0 aliphatic carbocycles. The molecule has 0 saturated heterocycles.